The fourth-order valence-electron chi connectivity index (χ4n) is 1.59. The van der Waals surface area contributed by atoms with Crippen LogP contribution in [0.25, 0.3) is 0 Å². The fourth-order valence-corrected chi connectivity index (χ4v) is 1.59. The number of carbonyl (C=O) groups is 1. The molecule has 104 valence electrons. The molecule has 0 spiro atoms. The van der Waals surface area contributed by atoms with Gasteiger partial charge in [0, 0.05) is 11.6 Å². The number of nitrogens with one attached hydrogen (secondary N) is 2. The first-order chi connectivity index (χ1) is 9.49. The minimum atomic E-state index is -0.728. The van der Waals surface area contributed by atoms with Crippen LogP contribution in [-0.2, 0) is 0 Å². The van der Waals surface area contributed by atoms with Crippen LogP contribution < -0.4 is 5.32 Å². The van der Waals surface area contributed by atoms with E-state index in [2.05, 4.69) is 20.5 Å². The Balaban J connectivity index is 2.14. The maximum absolute atomic E-state index is 11.9. The molecule has 0 aliphatic rings. The van der Waals surface area contributed by atoms with E-state index in [4.69, 9.17) is 0 Å². The van der Waals surface area contributed by atoms with Gasteiger partial charge in [0.15, 0.2) is 5.75 Å². The Bertz CT molecular complexity index is 640. The molecule has 2 rings (SSSR count). The third-order valence-corrected chi connectivity index (χ3v) is 2.63. The quantitative estimate of drug-likeness (QED) is 0.561. The van der Waals surface area contributed by atoms with Gasteiger partial charge in [-0.05, 0) is 19.1 Å². The lowest BCUT2D eigenvalue weighted by Gasteiger charge is -2.11. The molecule has 9 heteroatoms. The Morgan fingerprint density at radius 1 is 1.55 bits per heavy atom. The Kier molecular flexibility index (Phi) is 3.60. The van der Waals surface area contributed by atoms with Crippen molar-refractivity contribution in [3.8, 4) is 5.75 Å². The predicted octanol–water partition coefficient (Wildman–Crippen LogP) is 0.909. The van der Waals surface area contributed by atoms with Gasteiger partial charge in [-0.15, -0.1) is 0 Å². The van der Waals surface area contributed by atoms with Gasteiger partial charge in [-0.3, -0.25) is 20.0 Å². The number of rotatable bonds is 4. The smallest absolute Gasteiger partial charge is 0.310 e. The van der Waals surface area contributed by atoms with Crippen LogP contribution in [0.15, 0.2) is 24.5 Å². The number of nitrogens with zero attached hydrogens (tertiary/aromatic N) is 3. The van der Waals surface area contributed by atoms with E-state index in [1.54, 1.807) is 6.92 Å². The molecule has 1 aromatic carbocycles. The summed E-state index contributed by atoms with van der Waals surface area (Å²) in [4.78, 5) is 25.7. The average molecular weight is 277 g/mol. The summed E-state index contributed by atoms with van der Waals surface area (Å²) in [6, 6.07) is 2.96. The lowest BCUT2D eigenvalue weighted by atomic mass is 10.1. The number of hydrogen-bond donors (Lipinski definition) is 3. The molecule has 1 amide bonds. The molecule has 9 nitrogen and oxygen atoms in total. The summed E-state index contributed by atoms with van der Waals surface area (Å²) in [5.74, 6) is -0.571. The second-order valence-electron chi connectivity index (χ2n) is 4.03. The number of phenols is 1. The van der Waals surface area contributed by atoms with Crippen molar-refractivity contribution in [2.75, 3.05) is 0 Å². The van der Waals surface area contributed by atoms with E-state index in [-0.39, 0.29) is 5.56 Å². The van der Waals surface area contributed by atoms with E-state index in [0.717, 1.165) is 12.1 Å². The van der Waals surface area contributed by atoms with Crippen molar-refractivity contribution in [1.29, 1.82) is 0 Å². The number of H-pyrrole nitrogens is 1. The van der Waals surface area contributed by atoms with E-state index in [1.807, 2.05) is 0 Å². The van der Waals surface area contributed by atoms with E-state index in [1.165, 1.54) is 12.4 Å². The number of phenolic OH excluding ortho intramolecular Hbond substituents is 1. The maximum Gasteiger partial charge on any atom is 0.310 e. The summed E-state index contributed by atoms with van der Waals surface area (Å²) in [6.07, 6.45) is 1.32. The molecule has 1 atom stereocenters. The van der Waals surface area contributed by atoms with Gasteiger partial charge in [-0.1, -0.05) is 0 Å². The molecular weight excluding hydrogens is 266 g/mol. The van der Waals surface area contributed by atoms with Crippen LogP contribution in [0.3, 0.4) is 0 Å². The fraction of sp³-hybridized carbons (Fsp3) is 0.182. The standard InChI is InChI=1S/C11H11N5O4/c1-6(10-12-5-13-15-10)14-11(18)7-2-3-8(16(19)20)9(17)4-7/h2-6,17H,1H3,(H,14,18)(H,12,13,15). The normalized spacial score (nSPS) is 11.8. The Hall–Kier alpha value is -2.97. The molecule has 0 fully saturated rings. The van der Waals surface area contributed by atoms with Crippen molar-refractivity contribution in [2.24, 2.45) is 0 Å². The molecule has 0 radical (unpaired) electrons. The summed E-state index contributed by atoms with van der Waals surface area (Å²) in [7, 11) is 0. The van der Waals surface area contributed by atoms with Crippen LogP contribution in [0, 0.1) is 10.1 Å². The lowest BCUT2D eigenvalue weighted by Crippen LogP contribution is -2.27. The Labute approximate surface area is 112 Å². The van der Waals surface area contributed by atoms with Crippen LogP contribution in [0.1, 0.15) is 29.1 Å². The van der Waals surface area contributed by atoms with E-state index < -0.39 is 28.3 Å². The molecule has 1 heterocycles. The first-order valence-corrected chi connectivity index (χ1v) is 5.62. The van der Waals surface area contributed by atoms with Gasteiger partial charge >= 0.3 is 5.69 Å². The Morgan fingerprint density at radius 2 is 2.30 bits per heavy atom. The van der Waals surface area contributed by atoms with Crippen molar-refractivity contribution in [2.45, 2.75) is 13.0 Å². The molecule has 0 saturated carbocycles. The van der Waals surface area contributed by atoms with Gasteiger partial charge in [0.25, 0.3) is 5.91 Å². The second-order valence-corrected chi connectivity index (χ2v) is 4.03. The van der Waals surface area contributed by atoms with E-state index in [0.29, 0.717) is 5.82 Å². The topological polar surface area (TPSA) is 134 Å². The number of hydrogen-bond acceptors (Lipinski definition) is 6. The number of aromatic hydroxyl groups is 1. The largest absolute Gasteiger partial charge is 0.502 e. The van der Waals surface area contributed by atoms with Crippen molar-refractivity contribution >= 4 is 11.6 Å². The van der Waals surface area contributed by atoms with E-state index >= 15 is 0 Å². The van der Waals surface area contributed by atoms with Gasteiger partial charge in [0.05, 0.1) is 11.0 Å². The molecule has 0 aliphatic heterocycles. The van der Waals surface area contributed by atoms with Gasteiger partial charge < -0.3 is 10.4 Å². The third kappa shape index (κ3) is 2.71. The van der Waals surface area contributed by atoms with Crippen LogP contribution >= 0.6 is 0 Å². The first kappa shape index (κ1) is 13.5. The van der Waals surface area contributed by atoms with Crippen molar-refractivity contribution < 1.29 is 14.8 Å². The summed E-state index contributed by atoms with van der Waals surface area (Å²) < 4.78 is 0. The zero-order chi connectivity index (χ0) is 14.7. The second kappa shape index (κ2) is 5.34. The predicted molar refractivity (Wildman–Crippen MR) is 67.0 cm³/mol. The van der Waals surface area contributed by atoms with Crippen LogP contribution in [-0.4, -0.2) is 31.1 Å². The van der Waals surface area contributed by atoms with Crippen LogP contribution in [0.4, 0.5) is 5.69 Å². The molecule has 1 aromatic heterocycles. The highest BCUT2D eigenvalue weighted by atomic mass is 16.6. The molecule has 1 unspecified atom stereocenters. The number of nitro benzene ring substituents is 1. The minimum Gasteiger partial charge on any atom is -0.502 e. The number of nitro groups is 1. The summed E-state index contributed by atoms with van der Waals surface area (Å²) in [6.45, 7) is 1.70. The molecule has 3 N–H and O–H groups in total. The molecule has 20 heavy (non-hydrogen) atoms. The molecular formula is C11H11N5O4. The van der Waals surface area contributed by atoms with Crippen LogP contribution in [0.2, 0.25) is 0 Å². The van der Waals surface area contributed by atoms with Gasteiger partial charge in [-0.2, -0.15) is 5.10 Å². The van der Waals surface area contributed by atoms with Crippen molar-refractivity contribution in [3.63, 3.8) is 0 Å². The third-order valence-electron chi connectivity index (χ3n) is 2.63. The lowest BCUT2D eigenvalue weighted by molar-refractivity contribution is -0.385. The molecule has 0 saturated heterocycles. The summed E-state index contributed by atoms with van der Waals surface area (Å²) in [5, 5.41) is 28.9. The van der Waals surface area contributed by atoms with Crippen molar-refractivity contribution in [1.82, 2.24) is 20.5 Å². The monoisotopic (exact) mass is 277 g/mol. The maximum atomic E-state index is 11.9. The van der Waals surface area contributed by atoms with Gasteiger partial charge in [0.1, 0.15) is 12.2 Å². The zero-order valence-electron chi connectivity index (χ0n) is 10.4. The molecule has 0 bridgehead atoms. The molecule has 0 aliphatic carbocycles. The van der Waals surface area contributed by atoms with Gasteiger partial charge in [0.2, 0.25) is 0 Å². The highest BCUT2D eigenvalue weighted by molar-refractivity contribution is 5.95. The first-order valence-electron chi connectivity index (χ1n) is 5.62. The van der Waals surface area contributed by atoms with Crippen LogP contribution in [0.5, 0.6) is 5.75 Å². The number of amides is 1. The highest BCUT2D eigenvalue weighted by Gasteiger charge is 2.18. The number of aromatic nitrogens is 3. The Morgan fingerprint density at radius 3 is 2.85 bits per heavy atom. The minimum absolute atomic E-state index is 0.111. The summed E-state index contributed by atoms with van der Waals surface area (Å²) in [5.41, 5.74) is -0.343. The average Bonchev–Trinajstić information content (AvgIpc) is 2.91. The molecule has 2 aromatic rings. The number of aromatic amines is 1. The number of benzene rings is 1. The number of carbonyl (C=O) groups excluding carboxylic acids is 1. The van der Waals surface area contributed by atoms with E-state index in [9.17, 15) is 20.0 Å². The van der Waals surface area contributed by atoms with Gasteiger partial charge in [-0.25, -0.2) is 4.98 Å². The van der Waals surface area contributed by atoms with Crippen molar-refractivity contribution in [3.05, 3.63) is 46.0 Å². The highest BCUT2D eigenvalue weighted by Crippen LogP contribution is 2.26. The zero-order valence-corrected chi connectivity index (χ0v) is 10.4. The summed E-state index contributed by atoms with van der Waals surface area (Å²) >= 11 is 0. The SMILES string of the molecule is CC(NC(=O)c1ccc([N+](=O)[O-])c(O)c1)c1ncn[nH]1.